The minimum absolute atomic E-state index is 0.0324. The third-order valence-electron chi connectivity index (χ3n) is 3.23. The normalized spacial score (nSPS) is 11.4. The minimum atomic E-state index is -0.718. The van der Waals surface area contributed by atoms with Crippen LogP contribution >= 0.6 is 12.2 Å². The van der Waals surface area contributed by atoms with E-state index >= 15 is 0 Å². The molecule has 0 saturated carbocycles. The number of aromatic nitrogens is 2. The fourth-order valence-electron chi connectivity index (χ4n) is 1.29. The summed E-state index contributed by atoms with van der Waals surface area (Å²) in [5, 5.41) is 10.2. The second kappa shape index (κ2) is 31.2. The fraction of sp³-hybridized carbons (Fsp3) is 0.375. The van der Waals surface area contributed by atoms with Gasteiger partial charge >= 0.3 is 12.1 Å². The number of guanidine groups is 1. The Morgan fingerprint density at radius 3 is 1.70 bits per heavy atom. The SMILES string of the molecule is CN(N)C(N)=O.N=C(N)CN.NC1CCc2[nH]cc[n+]2NC1=O.NCC(N)=O.NN=C(N)N.NNC(N)=O.NNC(N)=S. The predicted molar refractivity (Wildman–Crippen MR) is 163 cm³/mol. The summed E-state index contributed by atoms with van der Waals surface area (Å²) in [6, 6.07) is -1.74. The molecule has 0 aromatic carbocycles. The largest absolute Gasteiger partial charge is 0.387 e. The van der Waals surface area contributed by atoms with Gasteiger partial charge in [0.05, 0.1) is 25.6 Å². The number of nitrogens with zero attached hydrogens (tertiary/aromatic N) is 3. The number of rotatable bonds is 2. The highest BCUT2D eigenvalue weighted by Gasteiger charge is 2.24. The van der Waals surface area contributed by atoms with E-state index in [0.29, 0.717) is 6.42 Å². The van der Waals surface area contributed by atoms with Gasteiger partial charge in [-0.1, -0.05) is 0 Å². The number of carbonyl (C=O) groups is 4. The van der Waals surface area contributed by atoms with Crippen molar-refractivity contribution in [3.63, 3.8) is 0 Å². The van der Waals surface area contributed by atoms with Gasteiger partial charge in [-0.15, -0.1) is 9.78 Å². The van der Waals surface area contributed by atoms with Crippen molar-refractivity contribution in [1.82, 2.24) is 20.8 Å². The van der Waals surface area contributed by atoms with E-state index in [1.54, 1.807) is 22.5 Å². The number of hydrogen-bond donors (Lipinski definition) is 19. The number of aromatic amines is 1. The van der Waals surface area contributed by atoms with Crippen LogP contribution in [0.2, 0.25) is 0 Å². The van der Waals surface area contributed by atoms with Gasteiger partial charge in [0.2, 0.25) is 11.9 Å². The van der Waals surface area contributed by atoms with E-state index in [9.17, 15) is 19.2 Å². The number of nitrogens with one attached hydrogen (secondary N) is 5. The number of carbonyl (C=O) groups excluding carboxylic acids is 4. The number of amides is 6. The van der Waals surface area contributed by atoms with Crippen LogP contribution in [0.5, 0.6) is 0 Å². The number of thiocarbonyl (C=S) groups is 1. The fourth-order valence-corrected chi connectivity index (χ4v) is 1.29. The maximum absolute atomic E-state index is 11.2. The van der Waals surface area contributed by atoms with E-state index in [-0.39, 0.29) is 35.9 Å². The van der Waals surface area contributed by atoms with E-state index in [2.05, 4.69) is 62.5 Å². The third kappa shape index (κ3) is 44.0. The number of hydrazine groups is 3. The first kappa shape index (κ1) is 47.5. The van der Waals surface area contributed by atoms with Crippen molar-refractivity contribution in [3.8, 4) is 0 Å². The van der Waals surface area contributed by atoms with Crippen LogP contribution in [0.1, 0.15) is 12.2 Å². The van der Waals surface area contributed by atoms with Crippen molar-refractivity contribution in [2.45, 2.75) is 18.9 Å². The quantitative estimate of drug-likeness (QED) is 0.0270. The molecule has 33 N–H and O–H groups in total. The first-order valence-corrected chi connectivity index (χ1v) is 11.4. The number of H-pyrrole nitrogens is 1. The molecule has 1 aromatic rings. The molecular formula is C16H47N22O4S+. The van der Waals surface area contributed by atoms with Gasteiger partial charge in [-0.25, -0.2) is 32.1 Å². The van der Waals surface area contributed by atoms with Crippen LogP contribution in [0, 0.1) is 5.41 Å². The number of amidine groups is 1. The Balaban J connectivity index is -0.000000137. The standard InChI is InChI=1S/C7H10N4O.C2H7N3O.C2H7N3.C2H6N2O.CH6N4.CH5N3O.CH5N3S/c8-5-1-2-6-9-3-4-11(6)10-7(5)12;1-5(4)2(3)6;2*3-1-2(4)5;2-1(3)5-4;2*2-1(5)4-3/h3-5H,1-2,8H2,(H,10,12);4H2,1H3,(H2,3,6);1,3H2,(H3,4,5);1,3H2,(H2,4,5);4H2,(H4,2,3,5);2*3H2,(H3,2,4,5)/p+1. The number of hydrazone groups is 1. The summed E-state index contributed by atoms with van der Waals surface area (Å²) >= 11 is 4.24. The summed E-state index contributed by atoms with van der Waals surface area (Å²) in [6.07, 6.45) is 5.04. The van der Waals surface area contributed by atoms with Crippen molar-refractivity contribution in [3.05, 3.63) is 18.2 Å². The molecule has 2 heterocycles. The lowest BCUT2D eigenvalue weighted by atomic mass is 10.1. The molecule has 27 heteroatoms. The van der Waals surface area contributed by atoms with Gasteiger partial charge in [0, 0.05) is 7.05 Å². The van der Waals surface area contributed by atoms with Crippen LogP contribution in [-0.4, -0.2) is 77.0 Å². The molecule has 0 radical (unpaired) electrons. The monoisotopic (exact) mass is 643 g/mol. The summed E-state index contributed by atoms with van der Waals surface area (Å²) in [6.45, 7) is 0.111. The number of imidazole rings is 1. The zero-order valence-electron chi connectivity index (χ0n) is 23.5. The highest BCUT2D eigenvalue weighted by Crippen LogP contribution is 2.00. The Kier molecular flexibility index (Phi) is 34.5. The maximum Gasteiger partial charge on any atom is 0.328 e. The van der Waals surface area contributed by atoms with Crippen molar-refractivity contribution < 1.29 is 23.9 Å². The number of primary amides is 3. The van der Waals surface area contributed by atoms with Crippen LogP contribution in [-0.2, 0) is 16.0 Å². The molecule has 0 fully saturated rings. The molecule has 0 saturated heterocycles. The molecule has 43 heavy (non-hydrogen) atoms. The lowest BCUT2D eigenvalue weighted by molar-refractivity contribution is -0.648. The van der Waals surface area contributed by atoms with Crippen LogP contribution in [0.3, 0.4) is 0 Å². The number of fused-ring (bicyclic) bond motifs is 1. The zero-order valence-corrected chi connectivity index (χ0v) is 24.3. The molecule has 1 aliphatic heterocycles. The molecule has 250 valence electrons. The van der Waals surface area contributed by atoms with E-state index in [4.69, 9.17) is 51.4 Å². The minimum Gasteiger partial charge on any atom is -0.387 e. The van der Waals surface area contributed by atoms with Gasteiger partial charge in [-0.3, -0.25) is 25.4 Å². The number of hydrogen-bond acceptors (Lipinski definition) is 14. The summed E-state index contributed by atoms with van der Waals surface area (Å²) in [4.78, 5) is 42.8. The molecular weight excluding hydrogens is 596 g/mol. The van der Waals surface area contributed by atoms with Crippen LogP contribution in [0.4, 0.5) is 9.59 Å². The first-order chi connectivity index (χ1) is 19.8. The first-order valence-electron chi connectivity index (χ1n) is 11.0. The molecule has 26 nitrogen and oxygen atoms in total. The summed E-state index contributed by atoms with van der Waals surface area (Å²) in [5.74, 6) is 18.7. The van der Waals surface area contributed by atoms with Crippen molar-refractivity contribution >= 4 is 53.0 Å². The van der Waals surface area contributed by atoms with Gasteiger partial charge in [0.15, 0.2) is 11.3 Å². The predicted octanol–water partition coefficient (Wildman–Crippen LogP) is -9.82. The molecule has 1 unspecified atom stereocenters. The van der Waals surface area contributed by atoms with E-state index in [1.165, 1.54) is 7.05 Å². The number of urea groups is 2. The van der Waals surface area contributed by atoms with Crippen molar-refractivity contribution in [1.29, 1.82) is 5.41 Å². The van der Waals surface area contributed by atoms with Gasteiger partial charge in [0.1, 0.15) is 12.0 Å². The molecule has 1 aromatic heterocycles. The molecule has 0 spiro atoms. The van der Waals surface area contributed by atoms with E-state index in [1.807, 2.05) is 5.43 Å². The maximum atomic E-state index is 11.2. The Morgan fingerprint density at radius 1 is 1.09 bits per heavy atom. The number of aryl methyl sites for hydroxylation is 1. The van der Waals surface area contributed by atoms with Gasteiger partial charge in [-0.05, 0) is 18.6 Å². The molecule has 1 atom stereocenters. The van der Waals surface area contributed by atoms with Crippen molar-refractivity contribution in [2.75, 3.05) is 25.6 Å². The Labute approximate surface area is 251 Å². The smallest absolute Gasteiger partial charge is 0.328 e. The third-order valence-corrected chi connectivity index (χ3v) is 3.34. The zero-order chi connectivity index (χ0) is 35.1. The Bertz CT molecular complexity index is 909. The van der Waals surface area contributed by atoms with Gasteiger partial charge < -0.3 is 68.6 Å². The summed E-state index contributed by atoms with van der Waals surface area (Å²) < 4.78 is 1.68. The van der Waals surface area contributed by atoms with Crippen molar-refractivity contribution in [2.24, 2.45) is 85.8 Å². The summed E-state index contributed by atoms with van der Waals surface area (Å²) in [5.41, 5.74) is 53.9. The van der Waals surface area contributed by atoms with Crippen LogP contribution in [0.15, 0.2) is 17.5 Å². The van der Waals surface area contributed by atoms with E-state index in [0.717, 1.165) is 17.3 Å². The van der Waals surface area contributed by atoms with Crippen LogP contribution < -0.4 is 102 Å². The number of nitrogens with two attached hydrogens (primary N) is 14. The Hall–Kier alpha value is -5.32. The van der Waals surface area contributed by atoms with Gasteiger partial charge in [0.25, 0.3) is 11.7 Å². The average molecular weight is 644 g/mol. The van der Waals surface area contributed by atoms with Gasteiger partial charge in [-0.2, -0.15) is 5.43 Å². The highest BCUT2D eigenvalue weighted by molar-refractivity contribution is 7.80. The summed E-state index contributed by atoms with van der Waals surface area (Å²) in [7, 11) is 1.38. The molecule has 6 amide bonds. The lowest BCUT2D eigenvalue weighted by Gasteiger charge is -2.02. The Morgan fingerprint density at radius 2 is 1.47 bits per heavy atom. The second-order valence-corrected chi connectivity index (χ2v) is 7.26. The average Bonchev–Trinajstić information content (AvgIpc) is 3.34. The molecule has 0 aliphatic carbocycles. The highest BCUT2D eigenvalue weighted by atomic mass is 32.1. The lowest BCUT2D eigenvalue weighted by Crippen LogP contribution is -2.52. The van der Waals surface area contributed by atoms with Crippen LogP contribution in [0.25, 0.3) is 0 Å². The topological polar surface area (TPSA) is 528 Å². The second-order valence-electron chi connectivity index (χ2n) is 6.82. The molecule has 2 rings (SSSR count). The molecule has 0 bridgehead atoms. The molecule has 1 aliphatic rings. The van der Waals surface area contributed by atoms with E-state index < -0.39 is 24.0 Å².